The normalized spacial score (nSPS) is 19.6. The van der Waals surface area contributed by atoms with Gasteiger partial charge in [0, 0.05) is 13.1 Å². The van der Waals surface area contributed by atoms with Crippen molar-refractivity contribution < 1.29 is 4.74 Å². The van der Waals surface area contributed by atoms with Crippen molar-refractivity contribution in [3.8, 4) is 0 Å². The highest BCUT2D eigenvalue weighted by Gasteiger charge is 2.08. The minimum absolute atomic E-state index is 0.358. The van der Waals surface area contributed by atoms with E-state index in [4.69, 9.17) is 10.5 Å². The first-order valence-electron chi connectivity index (χ1n) is 3.62. The maximum absolute atomic E-state index is 5.27. The monoisotopic (exact) mass is 175 g/mol. The van der Waals surface area contributed by atoms with Crippen molar-refractivity contribution in [1.29, 1.82) is 0 Å². The summed E-state index contributed by atoms with van der Waals surface area (Å²) in [5.74, 6) is 0. The van der Waals surface area contributed by atoms with Gasteiger partial charge in [0.2, 0.25) is 0 Å². The average molecular weight is 175 g/mol. The molecule has 1 aliphatic rings. The first-order chi connectivity index (χ1) is 5.29. The summed E-state index contributed by atoms with van der Waals surface area (Å²) in [6.45, 7) is 4.25. The molecule has 4 nitrogen and oxygen atoms in total. The largest absolute Gasteiger partial charge is 0.379 e. The van der Waals surface area contributed by atoms with Crippen LogP contribution in [-0.2, 0) is 4.74 Å². The maximum atomic E-state index is 5.27. The van der Waals surface area contributed by atoms with Gasteiger partial charge < -0.3 is 15.8 Å². The molecule has 0 saturated carbocycles. The molecule has 1 heterocycles. The van der Waals surface area contributed by atoms with E-state index in [9.17, 15) is 0 Å². The molecule has 1 rings (SSSR count). The Hall–Kier alpha value is -0.390. The van der Waals surface area contributed by atoms with Crippen LogP contribution in [-0.4, -0.2) is 43.0 Å². The van der Waals surface area contributed by atoms with Crippen LogP contribution < -0.4 is 11.1 Å². The molecular weight excluding hydrogens is 162 g/mol. The molecule has 0 bridgehead atoms. The lowest BCUT2D eigenvalue weighted by atomic mass is 10.4. The minimum Gasteiger partial charge on any atom is -0.379 e. The second-order valence-electron chi connectivity index (χ2n) is 2.43. The Labute approximate surface area is 71.7 Å². The fraction of sp³-hybridized carbons (Fsp3) is 0.833. The topological polar surface area (TPSA) is 50.5 Å². The van der Waals surface area contributed by atoms with Gasteiger partial charge in [0.15, 0.2) is 5.11 Å². The van der Waals surface area contributed by atoms with Gasteiger partial charge in [-0.15, -0.1) is 0 Å². The van der Waals surface area contributed by atoms with Gasteiger partial charge in [-0.2, -0.15) is 0 Å². The highest BCUT2D eigenvalue weighted by atomic mass is 32.1. The van der Waals surface area contributed by atoms with Crippen molar-refractivity contribution in [3.05, 3.63) is 0 Å². The Bertz CT molecular complexity index is 136. The summed E-state index contributed by atoms with van der Waals surface area (Å²) in [6.07, 6.45) is 0. The second kappa shape index (κ2) is 4.48. The Morgan fingerprint density at radius 3 is 2.73 bits per heavy atom. The fourth-order valence-electron chi connectivity index (χ4n) is 0.949. The summed E-state index contributed by atoms with van der Waals surface area (Å²) in [7, 11) is 0. The quantitative estimate of drug-likeness (QED) is 0.533. The molecular formula is C6H13N3OS. The number of hydrogen-bond donors (Lipinski definition) is 2. The predicted octanol–water partition coefficient (Wildman–Crippen LogP) is -0.891. The second-order valence-corrected chi connectivity index (χ2v) is 2.87. The third kappa shape index (κ3) is 3.50. The first-order valence-corrected chi connectivity index (χ1v) is 4.03. The number of nitrogens with one attached hydrogen (secondary N) is 1. The predicted molar refractivity (Wildman–Crippen MR) is 47.2 cm³/mol. The van der Waals surface area contributed by atoms with Crippen molar-refractivity contribution in [1.82, 2.24) is 10.2 Å². The molecule has 5 heteroatoms. The lowest BCUT2D eigenvalue weighted by Gasteiger charge is -2.26. The standard InChI is InChI=1S/C6H13N3OS/c7-6(11)8-5-9-1-3-10-4-2-9/h1-5H2,(H3,7,8,11). The van der Waals surface area contributed by atoms with Gasteiger partial charge in [0.25, 0.3) is 0 Å². The molecule has 0 aromatic rings. The molecule has 0 spiro atoms. The van der Waals surface area contributed by atoms with Crippen LogP contribution in [0.5, 0.6) is 0 Å². The lowest BCUT2D eigenvalue weighted by Crippen LogP contribution is -2.45. The molecule has 0 unspecified atom stereocenters. The van der Waals surface area contributed by atoms with Gasteiger partial charge in [0.1, 0.15) is 0 Å². The first kappa shape index (κ1) is 8.70. The van der Waals surface area contributed by atoms with E-state index in [1.54, 1.807) is 0 Å². The molecule has 0 radical (unpaired) electrons. The van der Waals surface area contributed by atoms with Crippen LogP contribution in [0.3, 0.4) is 0 Å². The molecule has 0 atom stereocenters. The zero-order valence-electron chi connectivity index (χ0n) is 6.38. The molecule has 1 saturated heterocycles. The van der Waals surface area contributed by atoms with Crippen LogP contribution in [0.1, 0.15) is 0 Å². The van der Waals surface area contributed by atoms with Gasteiger partial charge in [-0.05, 0) is 12.2 Å². The molecule has 64 valence electrons. The Balaban J connectivity index is 2.09. The van der Waals surface area contributed by atoms with Crippen molar-refractivity contribution in [3.63, 3.8) is 0 Å². The van der Waals surface area contributed by atoms with E-state index in [-0.39, 0.29) is 0 Å². The van der Waals surface area contributed by atoms with E-state index in [2.05, 4.69) is 22.4 Å². The number of ether oxygens (including phenoxy) is 1. The van der Waals surface area contributed by atoms with Crippen molar-refractivity contribution >= 4 is 17.3 Å². The lowest BCUT2D eigenvalue weighted by molar-refractivity contribution is 0.0367. The summed E-state index contributed by atoms with van der Waals surface area (Å²) in [5, 5.41) is 3.25. The van der Waals surface area contributed by atoms with Crippen molar-refractivity contribution in [2.75, 3.05) is 33.0 Å². The van der Waals surface area contributed by atoms with Gasteiger partial charge in [-0.25, -0.2) is 0 Å². The third-order valence-corrected chi connectivity index (χ3v) is 1.72. The van der Waals surface area contributed by atoms with E-state index in [1.165, 1.54) is 0 Å². The van der Waals surface area contributed by atoms with Gasteiger partial charge in [-0.3, -0.25) is 4.90 Å². The zero-order valence-corrected chi connectivity index (χ0v) is 7.19. The van der Waals surface area contributed by atoms with Crippen LogP contribution in [0.2, 0.25) is 0 Å². The van der Waals surface area contributed by atoms with E-state index < -0.39 is 0 Å². The number of thiocarbonyl (C=S) groups is 1. The summed E-state index contributed by atoms with van der Waals surface area (Å²) >= 11 is 4.67. The van der Waals surface area contributed by atoms with Crippen LogP contribution in [0.25, 0.3) is 0 Å². The van der Waals surface area contributed by atoms with Crippen LogP contribution in [0, 0.1) is 0 Å². The minimum atomic E-state index is 0.358. The van der Waals surface area contributed by atoms with Crippen LogP contribution in [0.15, 0.2) is 0 Å². The van der Waals surface area contributed by atoms with E-state index in [0.717, 1.165) is 33.0 Å². The molecule has 0 aliphatic carbocycles. The zero-order chi connectivity index (χ0) is 8.10. The number of nitrogens with two attached hydrogens (primary N) is 1. The van der Waals surface area contributed by atoms with E-state index >= 15 is 0 Å². The van der Waals surface area contributed by atoms with Gasteiger partial charge in [-0.1, -0.05) is 0 Å². The summed E-state index contributed by atoms with van der Waals surface area (Å²) in [5.41, 5.74) is 5.27. The molecule has 0 amide bonds. The smallest absolute Gasteiger partial charge is 0.164 e. The Kier molecular flexibility index (Phi) is 3.55. The molecule has 0 aromatic carbocycles. The molecule has 0 aromatic heterocycles. The Morgan fingerprint density at radius 1 is 1.55 bits per heavy atom. The highest BCUT2D eigenvalue weighted by molar-refractivity contribution is 7.80. The van der Waals surface area contributed by atoms with Crippen molar-refractivity contribution in [2.45, 2.75) is 0 Å². The fourth-order valence-corrected chi connectivity index (χ4v) is 1.01. The average Bonchev–Trinajstić information content (AvgIpc) is 2.03. The highest BCUT2D eigenvalue weighted by Crippen LogP contribution is 1.93. The number of nitrogens with zero attached hydrogens (tertiary/aromatic N) is 1. The van der Waals surface area contributed by atoms with Crippen LogP contribution >= 0.6 is 12.2 Å². The Morgan fingerprint density at radius 2 is 2.18 bits per heavy atom. The molecule has 3 N–H and O–H groups in total. The van der Waals surface area contributed by atoms with Crippen LogP contribution in [0.4, 0.5) is 0 Å². The van der Waals surface area contributed by atoms with E-state index in [1.807, 2.05) is 0 Å². The summed E-state index contributed by atoms with van der Waals surface area (Å²) < 4.78 is 5.17. The number of hydrogen-bond acceptors (Lipinski definition) is 3. The molecule has 11 heavy (non-hydrogen) atoms. The third-order valence-electron chi connectivity index (χ3n) is 1.58. The van der Waals surface area contributed by atoms with E-state index in [0.29, 0.717) is 5.11 Å². The van der Waals surface area contributed by atoms with Gasteiger partial charge in [0.05, 0.1) is 19.9 Å². The summed E-state index contributed by atoms with van der Waals surface area (Å²) in [4.78, 5) is 2.21. The van der Waals surface area contributed by atoms with Crippen molar-refractivity contribution in [2.24, 2.45) is 5.73 Å². The molecule has 1 aliphatic heterocycles. The SMILES string of the molecule is NC(=S)NCN1CCOCC1. The molecule has 1 fully saturated rings. The summed E-state index contributed by atoms with van der Waals surface area (Å²) in [6, 6.07) is 0. The van der Waals surface area contributed by atoms with Gasteiger partial charge >= 0.3 is 0 Å². The number of morpholine rings is 1. The number of rotatable bonds is 2. The maximum Gasteiger partial charge on any atom is 0.164 e.